The molecular formula is C5H9BrN4O. The minimum Gasteiger partial charge on any atom is -0.314 e. The molecule has 62 valence electrons. The molecule has 0 atom stereocenters. The second-order valence-corrected chi connectivity index (χ2v) is 3.02. The van der Waals surface area contributed by atoms with Crippen molar-refractivity contribution in [2.24, 2.45) is 7.05 Å². The highest BCUT2D eigenvalue weighted by atomic mass is 79.9. The summed E-state index contributed by atoms with van der Waals surface area (Å²) in [5.74, 6) is 0. The average Bonchev–Trinajstić information content (AvgIpc) is 2.18. The number of hydrogen-bond donors (Lipinski definition) is 1. The van der Waals surface area contributed by atoms with Gasteiger partial charge in [-0.3, -0.25) is 0 Å². The van der Waals surface area contributed by atoms with E-state index in [1.807, 2.05) is 0 Å². The Kier molecular flexibility index (Phi) is 2.58. The molecule has 11 heavy (non-hydrogen) atoms. The summed E-state index contributed by atoms with van der Waals surface area (Å²) in [4.78, 5) is 0. The maximum absolute atomic E-state index is 8.92. The summed E-state index contributed by atoms with van der Waals surface area (Å²) in [6.07, 6.45) is 0. The molecule has 0 aliphatic carbocycles. The minimum atomic E-state index is 0.407. The molecule has 1 aromatic rings. The highest BCUT2D eigenvalue weighted by Gasteiger charge is 2.08. The summed E-state index contributed by atoms with van der Waals surface area (Å²) in [6.45, 7) is 0.407. The predicted molar refractivity (Wildman–Crippen MR) is 42.0 cm³/mol. The Morgan fingerprint density at radius 3 is 2.73 bits per heavy atom. The van der Waals surface area contributed by atoms with E-state index in [0.717, 1.165) is 10.8 Å². The van der Waals surface area contributed by atoms with E-state index in [0.29, 0.717) is 11.1 Å². The van der Waals surface area contributed by atoms with Crippen molar-refractivity contribution in [3.05, 3.63) is 10.3 Å². The number of aromatic nitrogens is 3. The first kappa shape index (κ1) is 8.63. The molecule has 0 saturated carbocycles. The van der Waals surface area contributed by atoms with Gasteiger partial charge in [0.25, 0.3) is 0 Å². The summed E-state index contributed by atoms with van der Waals surface area (Å²) in [6, 6.07) is 0. The van der Waals surface area contributed by atoms with Crippen LogP contribution in [0.4, 0.5) is 0 Å². The number of nitrogens with zero attached hydrogens (tertiary/aromatic N) is 4. The van der Waals surface area contributed by atoms with Crippen molar-refractivity contribution in [2.75, 3.05) is 7.05 Å². The molecule has 0 amide bonds. The normalized spacial score (nSPS) is 11.0. The lowest BCUT2D eigenvalue weighted by molar-refractivity contribution is -0.0749. The molecular weight excluding hydrogens is 212 g/mol. The first-order valence-electron chi connectivity index (χ1n) is 3.05. The molecule has 0 aliphatic heterocycles. The van der Waals surface area contributed by atoms with Gasteiger partial charge in [-0.2, -0.15) is 5.06 Å². The van der Waals surface area contributed by atoms with Gasteiger partial charge in [-0.1, -0.05) is 5.21 Å². The lowest BCUT2D eigenvalue weighted by atomic mass is 10.5. The number of aryl methyl sites for hydroxylation is 1. The molecule has 0 fully saturated rings. The molecule has 0 aromatic carbocycles. The Morgan fingerprint density at radius 2 is 2.36 bits per heavy atom. The minimum absolute atomic E-state index is 0.407. The summed E-state index contributed by atoms with van der Waals surface area (Å²) in [5, 5.41) is 17.5. The smallest absolute Gasteiger partial charge is 0.152 e. The van der Waals surface area contributed by atoms with Gasteiger partial charge in [0, 0.05) is 14.1 Å². The molecule has 6 heteroatoms. The third kappa shape index (κ3) is 1.98. The van der Waals surface area contributed by atoms with Crippen LogP contribution in [0.3, 0.4) is 0 Å². The van der Waals surface area contributed by atoms with Gasteiger partial charge in [0.15, 0.2) is 4.60 Å². The van der Waals surface area contributed by atoms with Crippen molar-refractivity contribution in [3.63, 3.8) is 0 Å². The van der Waals surface area contributed by atoms with Gasteiger partial charge in [0.1, 0.15) is 0 Å². The fraction of sp³-hybridized carbons (Fsp3) is 0.600. The molecule has 0 saturated heterocycles. The van der Waals surface area contributed by atoms with E-state index >= 15 is 0 Å². The monoisotopic (exact) mass is 220 g/mol. The van der Waals surface area contributed by atoms with Crippen molar-refractivity contribution in [1.29, 1.82) is 0 Å². The van der Waals surface area contributed by atoms with Gasteiger partial charge in [0.05, 0.1) is 12.2 Å². The standard InChI is InChI=1S/C5H9BrN4O/c1-9(11)3-4-5(6)7-8-10(4)2/h11H,3H2,1-2H3. The van der Waals surface area contributed by atoms with E-state index in [-0.39, 0.29) is 0 Å². The Bertz CT molecular complexity index is 227. The predicted octanol–water partition coefficient (Wildman–Crippen LogP) is 0.399. The summed E-state index contributed by atoms with van der Waals surface area (Å²) >= 11 is 3.21. The second-order valence-electron chi connectivity index (χ2n) is 2.27. The van der Waals surface area contributed by atoms with Crippen LogP contribution in [0.5, 0.6) is 0 Å². The van der Waals surface area contributed by atoms with Gasteiger partial charge in [-0.15, -0.1) is 5.10 Å². The molecule has 1 N–H and O–H groups in total. The third-order valence-electron chi connectivity index (χ3n) is 1.27. The van der Waals surface area contributed by atoms with Crippen LogP contribution in [0.2, 0.25) is 0 Å². The van der Waals surface area contributed by atoms with E-state index in [9.17, 15) is 0 Å². The van der Waals surface area contributed by atoms with Crippen LogP contribution in [0.25, 0.3) is 0 Å². The van der Waals surface area contributed by atoms with E-state index in [1.54, 1.807) is 18.8 Å². The fourth-order valence-corrected chi connectivity index (χ4v) is 1.19. The van der Waals surface area contributed by atoms with Crippen LogP contribution >= 0.6 is 15.9 Å². The van der Waals surface area contributed by atoms with Crippen LogP contribution in [0.15, 0.2) is 4.60 Å². The molecule has 0 spiro atoms. The highest BCUT2D eigenvalue weighted by molar-refractivity contribution is 9.10. The van der Waals surface area contributed by atoms with Gasteiger partial charge >= 0.3 is 0 Å². The molecule has 1 rings (SSSR count). The summed E-state index contributed by atoms with van der Waals surface area (Å²) in [5.41, 5.74) is 0.843. The van der Waals surface area contributed by atoms with E-state index < -0.39 is 0 Å². The van der Waals surface area contributed by atoms with Gasteiger partial charge in [-0.05, 0) is 15.9 Å². The lowest BCUT2D eigenvalue weighted by Gasteiger charge is -2.06. The zero-order valence-corrected chi connectivity index (χ0v) is 7.91. The first-order chi connectivity index (χ1) is 5.11. The topological polar surface area (TPSA) is 54.2 Å². The molecule has 0 radical (unpaired) electrons. The van der Waals surface area contributed by atoms with Crippen molar-refractivity contribution < 1.29 is 5.21 Å². The van der Waals surface area contributed by atoms with E-state index in [1.165, 1.54) is 0 Å². The van der Waals surface area contributed by atoms with Gasteiger partial charge in [0.2, 0.25) is 0 Å². The molecule has 0 unspecified atom stereocenters. The fourth-order valence-electron chi connectivity index (χ4n) is 0.736. The Labute approximate surface area is 72.7 Å². The van der Waals surface area contributed by atoms with E-state index in [4.69, 9.17) is 5.21 Å². The molecule has 1 heterocycles. The Balaban J connectivity index is 2.83. The molecule has 0 bridgehead atoms. The zero-order valence-electron chi connectivity index (χ0n) is 6.32. The number of hydrogen-bond acceptors (Lipinski definition) is 4. The highest BCUT2D eigenvalue weighted by Crippen LogP contribution is 2.12. The summed E-state index contributed by atoms with van der Waals surface area (Å²) < 4.78 is 2.28. The van der Waals surface area contributed by atoms with Crippen LogP contribution in [-0.4, -0.2) is 32.3 Å². The second kappa shape index (κ2) is 3.29. The maximum atomic E-state index is 8.92. The summed E-state index contributed by atoms with van der Waals surface area (Å²) in [7, 11) is 3.34. The van der Waals surface area contributed by atoms with Crippen LogP contribution in [-0.2, 0) is 13.6 Å². The van der Waals surface area contributed by atoms with Crippen LogP contribution in [0, 0.1) is 0 Å². The number of halogens is 1. The Hall–Kier alpha value is -0.460. The Morgan fingerprint density at radius 1 is 1.73 bits per heavy atom. The average molecular weight is 221 g/mol. The third-order valence-corrected chi connectivity index (χ3v) is 1.89. The van der Waals surface area contributed by atoms with Crippen molar-refractivity contribution in [1.82, 2.24) is 20.1 Å². The van der Waals surface area contributed by atoms with E-state index in [2.05, 4.69) is 26.2 Å². The van der Waals surface area contributed by atoms with Crippen LogP contribution < -0.4 is 0 Å². The zero-order chi connectivity index (χ0) is 8.43. The van der Waals surface area contributed by atoms with Crippen LogP contribution in [0.1, 0.15) is 5.69 Å². The van der Waals surface area contributed by atoms with Crippen molar-refractivity contribution >= 4 is 15.9 Å². The largest absolute Gasteiger partial charge is 0.314 e. The van der Waals surface area contributed by atoms with Crippen molar-refractivity contribution in [2.45, 2.75) is 6.54 Å². The molecule has 1 aromatic heterocycles. The van der Waals surface area contributed by atoms with Gasteiger partial charge < -0.3 is 5.21 Å². The molecule has 5 nitrogen and oxygen atoms in total. The van der Waals surface area contributed by atoms with Gasteiger partial charge in [-0.25, -0.2) is 4.68 Å². The van der Waals surface area contributed by atoms with Crippen molar-refractivity contribution in [3.8, 4) is 0 Å². The molecule has 0 aliphatic rings. The maximum Gasteiger partial charge on any atom is 0.152 e. The lowest BCUT2D eigenvalue weighted by Crippen LogP contribution is -2.14. The number of rotatable bonds is 2. The SMILES string of the molecule is CN(O)Cc1c(Br)nnn1C. The quantitative estimate of drug-likeness (QED) is 0.734. The first-order valence-corrected chi connectivity index (χ1v) is 3.84. The number of hydroxylamine groups is 2.